The number of hydrogen-bond donors (Lipinski definition) is 0. The number of unbranched alkanes of at least 4 members (excludes halogenated alkanes) is 6. The van der Waals surface area contributed by atoms with Gasteiger partial charge in [-0.3, -0.25) is 4.90 Å². The highest BCUT2D eigenvalue weighted by atomic mass is 16.8. The summed E-state index contributed by atoms with van der Waals surface area (Å²) in [6.45, 7) is 14.7. The van der Waals surface area contributed by atoms with Crippen LogP contribution < -0.4 is 0 Å². The van der Waals surface area contributed by atoms with Crippen LogP contribution in [0.1, 0.15) is 105 Å². The molecule has 35 heavy (non-hydrogen) atoms. The Bertz CT molecular complexity index is 576. The Balaban J connectivity index is 1.36. The third kappa shape index (κ3) is 9.20. The van der Waals surface area contributed by atoms with E-state index in [1.807, 2.05) is 13.8 Å². The summed E-state index contributed by atoms with van der Waals surface area (Å²) in [6.07, 6.45) is 12.5. The van der Waals surface area contributed by atoms with Crippen LogP contribution in [0.15, 0.2) is 0 Å². The molecule has 1 unspecified atom stereocenters. The number of rotatable bonds is 17. The number of ether oxygens (including phenoxy) is 6. The summed E-state index contributed by atoms with van der Waals surface area (Å²) in [5.41, 5.74) is 0. The minimum absolute atomic E-state index is 0.101. The van der Waals surface area contributed by atoms with Gasteiger partial charge in [-0.1, -0.05) is 52.4 Å². The van der Waals surface area contributed by atoms with Crippen LogP contribution in [-0.2, 0) is 28.4 Å². The molecule has 7 nitrogen and oxygen atoms in total. The average Bonchev–Trinajstić information content (AvgIpc) is 3.33. The van der Waals surface area contributed by atoms with Gasteiger partial charge in [0.25, 0.3) is 0 Å². The van der Waals surface area contributed by atoms with Gasteiger partial charge in [-0.25, -0.2) is 0 Å². The first-order chi connectivity index (χ1) is 16.9. The van der Waals surface area contributed by atoms with Gasteiger partial charge in [0.2, 0.25) is 0 Å². The molecule has 3 fully saturated rings. The molecule has 0 bridgehead atoms. The van der Waals surface area contributed by atoms with E-state index in [9.17, 15) is 0 Å². The van der Waals surface area contributed by atoms with Crippen LogP contribution in [0.25, 0.3) is 0 Å². The third-order valence-corrected chi connectivity index (χ3v) is 7.45. The minimum Gasteiger partial charge on any atom is -0.381 e. The quantitative estimate of drug-likeness (QED) is 0.240. The fourth-order valence-electron chi connectivity index (χ4n) is 5.53. The summed E-state index contributed by atoms with van der Waals surface area (Å²) in [7, 11) is 0. The van der Waals surface area contributed by atoms with Gasteiger partial charge in [-0.05, 0) is 59.4 Å². The SMILES string of the molecule is CCCCCCCCCOCCCO[C@H]1O[C@H]([C@@H](C)OC2CCCCN2CC)[C@@H]2OC(C)(C)O[C@H]12. The van der Waals surface area contributed by atoms with Crippen molar-refractivity contribution in [1.82, 2.24) is 4.90 Å². The number of nitrogens with zero attached hydrogens (tertiary/aromatic N) is 1. The van der Waals surface area contributed by atoms with Gasteiger partial charge in [0.05, 0.1) is 12.7 Å². The van der Waals surface area contributed by atoms with Gasteiger partial charge in [0.15, 0.2) is 12.1 Å². The molecule has 0 aromatic heterocycles. The van der Waals surface area contributed by atoms with Gasteiger partial charge in [0.1, 0.15) is 24.5 Å². The van der Waals surface area contributed by atoms with Crippen LogP contribution in [0.5, 0.6) is 0 Å². The standard InChI is InChI=1S/C28H53NO6/c1-6-8-9-10-11-12-15-19-30-20-16-21-31-27-26-25(34-28(4,5)35-26)24(33-27)22(3)32-23-17-13-14-18-29(23)7-2/h22-27H,6-21H2,1-5H3/t22-,23?,24-,25+,26+,27+/m1/s1. The van der Waals surface area contributed by atoms with Crippen LogP contribution in [0.4, 0.5) is 0 Å². The van der Waals surface area contributed by atoms with Crippen LogP contribution in [0.2, 0.25) is 0 Å². The van der Waals surface area contributed by atoms with Crippen molar-refractivity contribution in [2.75, 3.05) is 32.9 Å². The summed E-state index contributed by atoms with van der Waals surface area (Å²) in [5, 5.41) is 0. The lowest BCUT2D eigenvalue weighted by Crippen LogP contribution is -2.47. The predicted octanol–water partition coefficient (Wildman–Crippen LogP) is 5.64. The molecule has 3 saturated heterocycles. The highest BCUT2D eigenvalue weighted by molar-refractivity contribution is 4.97. The molecule has 3 aliphatic heterocycles. The fourth-order valence-corrected chi connectivity index (χ4v) is 5.53. The van der Waals surface area contributed by atoms with Crippen molar-refractivity contribution >= 4 is 0 Å². The van der Waals surface area contributed by atoms with Gasteiger partial charge in [-0.15, -0.1) is 0 Å². The van der Waals surface area contributed by atoms with Gasteiger partial charge in [-0.2, -0.15) is 0 Å². The van der Waals surface area contributed by atoms with Gasteiger partial charge in [0, 0.05) is 19.8 Å². The summed E-state index contributed by atoms with van der Waals surface area (Å²) in [6, 6.07) is 0. The molecule has 0 aromatic carbocycles. The van der Waals surface area contributed by atoms with E-state index in [0.29, 0.717) is 6.61 Å². The molecule has 0 saturated carbocycles. The van der Waals surface area contributed by atoms with Crippen molar-refractivity contribution in [3.05, 3.63) is 0 Å². The zero-order valence-electron chi connectivity index (χ0n) is 23.2. The maximum atomic E-state index is 6.51. The Morgan fingerprint density at radius 3 is 2.37 bits per heavy atom. The second-order valence-electron chi connectivity index (χ2n) is 10.9. The van der Waals surface area contributed by atoms with E-state index in [0.717, 1.165) is 45.6 Å². The van der Waals surface area contributed by atoms with Crippen molar-refractivity contribution in [3.8, 4) is 0 Å². The predicted molar refractivity (Wildman–Crippen MR) is 137 cm³/mol. The maximum absolute atomic E-state index is 6.51. The van der Waals surface area contributed by atoms with Crippen molar-refractivity contribution < 1.29 is 28.4 Å². The fraction of sp³-hybridized carbons (Fsp3) is 1.00. The van der Waals surface area contributed by atoms with Crippen LogP contribution in [0.3, 0.4) is 0 Å². The molecule has 0 spiro atoms. The van der Waals surface area contributed by atoms with Crippen molar-refractivity contribution in [2.45, 2.75) is 148 Å². The monoisotopic (exact) mass is 499 g/mol. The first kappa shape index (κ1) is 29.3. The maximum Gasteiger partial charge on any atom is 0.187 e. The second kappa shape index (κ2) is 15.2. The number of fused-ring (bicyclic) bond motifs is 1. The topological polar surface area (TPSA) is 58.6 Å². The van der Waals surface area contributed by atoms with E-state index in [1.165, 1.54) is 51.4 Å². The number of piperidine rings is 1. The number of likely N-dealkylation sites (tertiary alicyclic amines) is 1. The molecule has 0 aromatic rings. The molecule has 3 rings (SSSR count). The molecule has 0 aliphatic carbocycles. The lowest BCUT2D eigenvalue weighted by atomic mass is 10.1. The van der Waals surface area contributed by atoms with E-state index in [2.05, 4.69) is 25.7 Å². The zero-order valence-corrected chi connectivity index (χ0v) is 23.2. The van der Waals surface area contributed by atoms with E-state index in [4.69, 9.17) is 28.4 Å². The zero-order chi connectivity index (χ0) is 25.1. The first-order valence-corrected chi connectivity index (χ1v) is 14.5. The Labute approximate surface area is 214 Å². The number of hydrogen-bond acceptors (Lipinski definition) is 7. The average molecular weight is 500 g/mol. The molecular weight excluding hydrogens is 446 g/mol. The second-order valence-corrected chi connectivity index (χ2v) is 10.9. The van der Waals surface area contributed by atoms with Crippen LogP contribution in [0, 0.1) is 0 Å². The Morgan fingerprint density at radius 1 is 0.886 bits per heavy atom. The van der Waals surface area contributed by atoms with Gasteiger partial charge >= 0.3 is 0 Å². The molecule has 0 radical (unpaired) electrons. The molecule has 3 heterocycles. The van der Waals surface area contributed by atoms with Crippen molar-refractivity contribution in [3.63, 3.8) is 0 Å². The molecular formula is C28H53NO6. The molecule has 3 aliphatic rings. The molecule has 6 atom stereocenters. The summed E-state index contributed by atoms with van der Waals surface area (Å²) < 4.78 is 37.2. The van der Waals surface area contributed by atoms with Gasteiger partial charge < -0.3 is 28.4 Å². The largest absolute Gasteiger partial charge is 0.381 e. The molecule has 206 valence electrons. The molecule has 7 heteroatoms. The van der Waals surface area contributed by atoms with Crippen LogP contribution in [-0.4, -0.2) is 80.5 Å². The summed E-state index contributed by atoms with van der Waals surface area (Å²) >= 11 is 0. The lowest BCUT2D eigenvalue weighted by Gasteiger charge is -2.38. The summed E-state index contributed by atoms with van der Waals surface area (Å²) in [5.74, 6) is -0.640. The van der Waals surface area contributed by atoms with Crippen LogP contribution >= 0.6 is 0 Å². The molecule has 0 amide bonds. The van der Waals surface area contributed by atoms with E-state index < -0.39 is 12.1 Å². The minimum atomic E-state index is -0.640. The Kier molecular flexibility index (Phi) is 12.7. The highest BCUT2D eigenvalue weighted by Gasteiger charge is 2.57. The Hall–Kier alpha value is -0.280. The Morgan fingerprint density at radius 2 is 1.60 bits per heavy atom. The lowest BCUT2D eigenvalue weighted by molar-refractivity contribution is -0.252. The highest BCUT2D eigenvalue weighted by Crippen LogP contribution is 2.41. The smallest absolute Gasteiger partial charge is 0.187 e. The summed E-state index contributed by atoms with van der Waals surface area (Å²) in [4.78, 5) is 2.42. The van der Waals surface area contributed by atoms with Crippen molar-refractivity contribution in [2.24, 2.45) is 0 Å². The van der Waals surface area contributed by atoms with E-state index in [-0.39, 0.29) is 30.6 Å². The van der Waals surface area contributed by atoms with E-state index in [1.54, 1.807) is 0 Å². The first-order valence-electron chi connectivity index (χ1n) is 14.5. The van der Waals surface area contributed by atoms with Crippen molar-refractivity contribution in [1.29, 1.82) is 0 Å². The van der Waals surface area contributed by atoms with E-state index >= 15 is 0 Å². The molecule has 0 N–H and O–H groups in total. The third-order valence-electron chi connectivity index (χ3n) is 7.45. The normalized spacial score (nSPS) is 31.6.